The molecular formula is C24H31Cl2N3O4S. The minimum absolute atomic E-state index is 0.0982. The standard InChI is InChI=1S/C24H31Cl2N3O4S/c1-16-7-12-20(13-21(16)26)29(34(6,32)33)15-22(30)28(14-18-8-10-19(25)11-9-18)17(2)23(31)27-24(3,4)5/h7-13,17H,14-15H2,1-6H3,(H,27,31)/t17-/m1/s1. The number of benzene rings is 2. The second kappa shape index (κ2) is 11.0. The van der Waals surface area contributed by atoms with Gasteiger partial charge in [0, 0.05) is 22.1 Å². The number of sulfonamides is 1. The van der Waals surface area contributed by atoms with Crippen LogP contribution in [0.25, 0.3) is 0 Å². The third-order valence-corrected chi connectivity index (χ3v) is 6.85. The Labute approximate surface area is 212 Å². The number of aryl methyl sites for hydroxylation is 1. The van der Waals surface area contributed by atoms with Crippen LogP contribution in [0.4, 0.5) is 5.69 Å². The molecule has 0 fully saturated rings. The summed E-state index contributed by atoms with van der Waals surface area (Å²) in [5.41, 5.74) is 1.29. The van der Waals surface area contributed by atoms with Gasteiger partial charge in [0.1, 0.15) is 12.6 Å². The number of carbonyl (C=O) groups excluding carboxylic acids is 2. The van der Waals surface area contributed by atoms with Gasteiger partial charge in [0.05, 0.1) is 11.9 Å². The molecule has 0 heterocycles. The number of halogens is 2. The Hall–Kier alpha value is -2.29. The van der Waals surface area contributed by atoms with Gasteiger partial charge in [-0.2, -0.15) is 0 Å². The highest BCUT2D eigenvalue weighted by Crippen LogP contribution is 2.25. The first-order valence-electron chi connectivity index (χ1n) is 10.7. The van der Waals surface area contributed by atoms with Crippen molar-refractivity contribution in [3.05, 3.63) is 63.6 Å². The number of carbonyl (C=O) groups is 2. The smallest absolute Gasteiger partial charge is 0.244 e. The quantitative estimate of drug-likeness (QED) is 0.551. The fourth-order valence-corrected chi connectivity index (χ4v) is 4.34. The zero-order valence-corrected chi connectivity index (χ0v) is 22.6. The van der Waals surface area contributed by atoms with Crippen molar-refractivity contribution in [3.63, 3.8) is 0 Å². The van der Waals surface area contributed by atoms with E-state index in [1.54, 1.807) is 50.2 Å². The van der Waals surface area contributed by atoms with Crippen LogP contribution in [0.15, 0.2) is 42.5 Å². The lowest BCUT2D eigenvalue weighted by Gasteiger charge is -2.33. The molecule has 34 heavy (non-hydrogen) atoms. The van der Waals surface area contributed by atoms with Gasteiger partial charge in [-0.25, -0.2) is 8.42 Å². The van der Waals surface area contributed by atoms with Crippen molar-refractivity contribution < 1.29 is 18.0 Å². The molecule has 0 saturated carbocycles. The fourth-order valence-electron chi connectivity index (χ4n) is 3.19. The molecule has 0 saturated heterocycles. The maximum Gasteiger partial charge on any atom is 0.244 e. The lowest BCUT2D eigenvalue weighted by Crippen LogP contribution is -2.54. The summed E-state index contributed by atoms with van der Waals surface area (Å²) in [4.78, 5) is 27.8. The first-order valence-corrected chi connectivity index (χ1v) is 13.3. The van der Waals surface area contributed by atoms with E-state index in [9.17, 15) is 18.0 Å². The lowest BCUT2D eigenvalue weighted by atomic mass is 10.1. The van der Waals surface area contributed by atoms with Gasteiger partial charge in [0.25, 0.3) is 0 Å². The molecular weight excluding hydrogens is 497 g/mol. The Kier molecular flexibility index (Phi) is 9.02. The van der Waals surface area contributed by atoms with E-state index in [0.29, 0.717) is 10.0 Å². The molecule has 0 aliphatic heterocycles. The van der Waals surface area contributed by atoms with Gasteiger partial charge in [0.15, 0.2) is 0 Å². The van der Waals surface area contributed by atoms with Crippen LogP contribution in [0.1, 0.15) is 38.8 Å². The third kappa shape index (κ3) is 7.89. The average Bonchev–Trinajstić information content (AvgIpc) is 2.71. The lowest BCUT2D eigenvalue weighted by molar-refractivity contribution is -0.140. The van der Waals surface area contributed by atoms with Crippen LogP contribution in [-0.4, -0.2) is 49.5 Å². The maximum atomic E-state index is 13.5. The summed E-state index contributed by atoms with van der Waals surface area (Å²) in [5, 5.41) is 3.80. The predicted molar refractivity (Wildman–Crippen MR) is 138 cm³/mol. The Morgan fingerprint density at radius 3 is 2.15 bits per heavy atom. The summed E-state index contributed by atoms with van der Waals surface area (Å²) in [6.07, 6.45) is 1.02. The molecule has 0 spiro atoms. The molecule has 7 nitrogen and oxygen atoms in total. The van der Waals surface area contributed by atoms with Gasteiger partial charge in [-0.3, -0.25) is 13.9 Å². The van der Waals surface area contributed by atoms with Crippen molar-refractivity contribution in [2.75, 3.05) is 17.1 Å². The van der Waals surface area contributed by atoms with E-state index < -0.39 is 34.1 Å². The largest absolute Gasteiger partial charge is 0.350 e. The summed E-state index contributed by atoms with van der Waals surface area (Å²) in [7, 11) is -3.82. The van der Waals surface area contributed by atoms with Gasteiger partial charge >= 0.3 is 0 Å². The highest BCUT2D eigenvalue weighted by molar-refractivity contribution is 7.92. The molecule has 0 bridgehead atoms. The molecule has 1 atom stereocenters. The van der Waals surface area contributed by atoms with E-state index in [-0.39, 0.29) is 18.1 Å². The summed E-state index contributed by atoms with van der Waals surface area (Å²) in [6.45, 7) is 8.55. The first kappa shape index (κ1) is 28.0. The van der Waals surface area contributed by atoms with Crippen molar-refractivity contribution in [1.82, 2.24) is 10.2 Å². The van der Waals surface area contributed by atoms with Gasteiger partial charge in [-0.1, -0.05) is 41.4 Å². The molecule has 2 aromatic rings. The maximum absolute atomic E-state index is 13.5. The van der Waals surface area contributed by atoms with Crippen LogP contribution >= 0.6 is 23.2 Å². The zero-order valence-electron chi connectivity index (χ0n) is 20.2. The van der Waals surface area contributed by atoms with Crippen LogP contribution in [0.5, 0.6) is 0 Å². The molecule has 0 aromatic heterocycles. The molecule has 0 unspecified atom stereocenters. The number of amides is 2. The zero-order chi connectivity index (χ0) is 25.8. The van der Waals surface area contributed by atoms with Crippen molar-refractivity contribution in [1.29, 1.82) is 0 Å². The summed E-state index contributed by atoms with van der Waals surface area (Å²) in [5.74, 6) is -0.882. The summed E-state index contributed by atoms with van der Waals surface area (Å²) < 4.78 is 26.2. The van der Waals surface area contributed by atoms with Crippen molar-refractivity contribution in [3.8, 4) is 0 Å². The van der Waals surface area contributed by atoms with Crippen molar-refractivity contribution in [2.24, 2.45) is 0 Å². The van der Waals surface area contributed by atoms with Gasteiger partial charge in [0.2, 0.25) is 21.8 Å². The number of hydrogen-bond donors (Lipinski definition) is 1. The highest BCUT2D eigenvalue weighted by Gasteiger charge is 2.31. The van der Waals surface area contributed by atoms with Gasteiger partial charge in [-0.05, 0) is 70.0 Å². The van der Waals surface area contributed by atoms with Crippen LogP contribution in [0, 0.1) is 6.92 Å². The van der Waals surface area contributed by atoms with E-state index in [4.69, 9.17) is 23.2 Å². The van der Waals surface area contributed by atoms with Crippen LogP contribution in [0.3, 0.4) is 0 Å². The molecule has 2 rings (SSSR count). The molecule has 10 heteroatoms. The van der Waals surface area contributed by atoms with Crippen molar-refractivity contribution in [2.45, 2.75) is 52.7 Å². The molecule has 186 valence electrons. The predicted octanol–water partition coefficient (Wildman–Crippen LogP) is 4.40. The van der Waals surface area contributed by atoms with E-state index in [2.05, 4.69) is 5.32 Å². The van der Waals surface area contributed by atoms with E-state index in [0.717, 1.165) is 21.7 Å². The first-order chi connectivity index (χ1) is 15.6. The summed E-state index contributed by atoms with van der Waals surface area (Å²) in [6, 6.07) is 10.8. The van der Waals surface area contributed by atoms with E-state index in [1.807, 2.05) is 20.8 Å². The SMILES string of the molecule is Cc1ccc(N(CC(=O)N(Cc2ccc(Cl)cc2)[C@H](C)C(=O)NC(C)(C)C)S(C)(=O)=O)cc1Cl. The molecule has 0 aliphatic carbocycles. The normalized spacial score (nSPS) is 12.7. The Morgan fingerprint density at radius 1 is 1.06 bits per heavy atom. The second-order valence-corrected chi connectivity index (χ2v) is 12.0. The third-order valence-electron chi connectivity index (χ3n) is 5.05. The molecule has 2 amide bonds. The Bertz CT molecular complexity index is 1150. The van der Waals surface area contributed by atoms with Crippen LogP contribution in [-0.2, 0) is 26.2 Å². The Balaban J connectivity index is 2.41. The molecule has 2 aromatic carbocycles. The molecule has 1 N–H and O–H groups in total. The summed E-state index contributed by atoms with van der Waals surface area (Å²) >= 11 is 12.2. The van der Waals surface area contributed by atoms with E-state index in [1.165, 1.54) is 11.0 Å². The van der Waals surface area contributed by atoms with Crippen molar-refractivity contribution >= 4 is 50.7 Å². The molecule has 0 radical (unpaired) electrons. The number of rotatable bonds is 8. The second-order valence-electron chi connectivity index (χ2n) is 9.27. The topological polar surface area (TPSA) is 86.8 Å². The van der Waals surface area contributed by atoms with Crippen LogP contribution < -0.4 is 9.62 Å². The van der Waals surface area contributed by atoms with Gasteiger partial charge in [-0.15, -0.1) is 0 Å². The van der Waals surface area contributed by atoms with Gasteiger partial charge < -0.3 is 10.2 Å². The minimum Gasteiger partial charge on any atom is -0.350 e. The molecule has 0 aliphatic rings. The Morgan fingerprint density at radius 2 is 1.65 bits per heavy atom. The van der Waals surface area contributed by atoms with E-state index >= 15 is 0 Å². The number of nitrogens with zero attached hydrogens (tertiary/aromatic N) is 2. The number of anilines is 1. The minimum atomic E-state index is -3.82. The number of hydrogen-bond acceptors (Lipinski definition) is 4. The highest BCUT2D eigenvalue weighted by atomic mass is 35.5. The fraction of sp³-hybridized carbons (Fsp3) is 0.417. The average molecular weight is 529 g/mol. The van der Waals surface area contributed by atoms with Crippen LogP contribution in [0.2, 0.25) is 10.0 Å². The number of nitrogens with one attached hydrogen (secondary N) is 1. The monoisotopic (exact) mass is 527 g/mol.